The molecule has 0 aliphatic carbocycles. The molecule has 23 heavy (non-hydrogen) atoms. The minimum Gasteiger partial charge on any atom is -0.340 e. The number of H-pyrrole nitrogens is 1. The van der Waals surface area contributed by atoms with Crippen molar-refractivity contribution in [1.82, 2.24) is 20.1 Å². The lowest BCUT2D eigenvalue weighted by Crippen LogP contribution is -2.27. The molecular formula is C16H18N4OS2. The number of thiazole rings is 1. The SMILES string of the molecule is Cc1nc(C)c(CC(=O)N(C)Cc2cc(-c3cccs3)n[nH]2)s1. The molecule has 3 rings (SSSR count). The van der Waals surface area contributed by atoms with Gasteiger partial charge in [0, 0.05) is 11.9 Å². The molecule has 0 unspecified atom stereocenters. The van der Waals surface area contributed by atoms with Gasteiger partial charge in [0.1, 0.15) is 5.69 Å². The predicted octanol–water partition coefficient (Wildman–Crippen LogP) is 3.41. The van der Waals surface area contributed by atoms with E-state index < -0.39 is 0 Å². The molecule has 0 bridgehead atoms. The summed E-state index contributed by atoms with van der Waals surface area (Å²) in [5.74, 6) is 0.0871. The number of carbonyl (C=O) groups excluding carboxylic acids is 1. The first-order valence-corrected chi connectivity index (χ1v) is 8.97. The maximum absolute atomic E-state index is 12.4. The lowest BCUT2D eigenvalue weighted by atomic mass is 10.2. The molecule has 0 fully saturated rings. The van der Waals surface area contributed by atoms with E-state index in [1.54, 1.807) is 27.6 Å². The van der Waals surface area contributed by atoms with Gasteiger partial charge in [-0.3, -0.25) is 9.89 Å². The number of carbonyl (C=O) groups is 1. The number of thiophene rings is 1. The van der Waals surface area contributed by atoms with E-state index >= 15 is 0 Å². The molecule has 3 aromatic heterocycles. The Morgan fingerprint density at radius 1 is 1.39 bits per heavy atom. The summed E-state index contributed by atoms with van der Waals surface area (Å²) in [5, 5.41) is 10.4. The van der Waals surface area contributed by atoms with Gasteiger partial charge < -0.3 is 4.90 Å². The number of aryl methyl sites for hydroxylation is 2. The summed E-state index contributed by atoms with van der Waals surface area (Å²) >= 11 is 3.24. The zero-order chi connectivity index (χ0) is 16.4. The van der Waals surface area contributed by atoms with Crippen LogP contribution in [-0.2, 0) is 17.8 Å². The van der Waals surface area contributed by atoms with Crippen LogP contribution in [0.3, 0.4) is 0 Å². The summed E-state index contributed by atoms with van der Waals surface area (Å²) in [6.45, 7) is 4.44. The standard InChI is InChI=1S/C16H18N4OS2/c1-10-15(23-11(2)17-10)8-16(21)20(3)9-12-7-13(19-18-12)14-5-4-6-22-14/h4-7H,8-9H2,1-3H3,(H,18,19). The van der Waals surface area contributed by atoms with Crippen LogP contribution in [0.15, 0.2) is 23.6 Å². The number of hydrogen-bond donors (Lipinski definition) is 1. The van der Waals surface area contributed by atoms with E-state index in [4.69, 9.17) is 0 Å². The first-order valence-electron chi connectivity index (χ1n) is 7.28. The number of nitrogens with zero attached hydrogens (tertiary/aromatic N) is 3. The number of aromatic amines is 1. The fourth-order valence-electron chi connectivity index (χ4n) is 2.35. The van der Waals surface area contributed by atoms with Crippen LogP contribution in [0, 0.1) is 13.8 Å². The van der Waals surface area contributed by atoms with Gasteiger partial charge in [-0.15, -0.1) is 22.7 Å². The van der Waals surface area contributed by atoms with Gasteiger partial charge in [0.15, 0.2) is 0 Å². The highest BCUT2D eigenvalue weighted by molar-refractivity contribution is 7.13. The van der Waals surface area contributed by atoms with Crippen LogP contribution in [0.2, 0.25) is 0 Å². The van der Waals surface area contributed by atoms with Gasteiger partial charge in [-0.05, 0) is 31.4 Å². The Hall–Kier alpha value is -1.99. The number of nitrogens with one attached hydrogen (secondary N) is 1. The lowest BCUT2D eigenvalue weighted by molar-refractivity contribution is -0.129. The second kappa shape index (κ2) is 6.64. The summed E-state index contributed by atoms with van der Waals surface area (Å²) in [7, 11) is 1.82. The molecule has 1 N–H and O–H groups in total. The lowest BCUT2D eigenvalue weighted by Gasteiger charge is -2.15. The maximum Gasteiger partial charge on any atom is 0.227 e. The normalized spacial score (nSPS) is 10.9. The van der Waals surface area contributed by atoms with Crippen LogP contribution in [0.1, 0.15) is 21.3 Å². The number of amides is 1. The van der Waals surface area contributed by atoms with Crippen LogP contribution in [0.4, 0.5) is 0 Å². The monoisotopic (exact) mass is 346 g/mol. The zero-order valence-electron chi connectivity index (χ0n) is 13.3. The third kappa shape index (κ3) is 3.68. The fourth-order valence-corrected chi connectivity index (χ4v) is 3.96. The molecule has 0 saturated carbocycles. The predicted molar refractivity (Wildman–Crippen MR) is 93.7 cm³/mol. The first-order chi connectivity index (χ1) is 11.0. The van der Waals surface area contributed by atoms with Crippen molar-refractivity contribution in [2.45, 2.75) is 26.8 Å². The molecule has 3 heterocycles. The van der Waals surface area contributed by atoms with Crippen molar-refractivity contribution in [3.05, 3.63) is 44.9 Å². The molecule has 0 aliphatic rings. The number of likely N-dealkylation sites (N-methyl/N-ethyl adjacent to an activating group) is 1. The quantitative estimate of drug-likeness (QED) is 0.770. The Morgan fingerprint density at radius 2 is 2.22 bits per heavy atom. The number of rotatable bonds is 5. The Labute approximate surface area is 143 Å². The molecule has 0 saturated heterocycles. The Morgan fingerprint density at radius 3 is 2.87 bits per heavy atom. The molecule has 0 radical (unpaired) electrons. The van der Waals surface area contributed by atoms with E-state index in [0.717, 1.165) is 31.8 Å². The minimum absolute atomic E-state index is 0.0871. The molecule has 5 nitrogen and oxygen atoms in total. The second-order valence-electron chi connectivity index (χ2n) is 5.42. The van der Waals surface area contributed by atoms with Crippen molar-refractivity contribution in [2.75, 3.05) is 7.05 Å². The zero-order valence-corrected chi connectivity index (χ0v) is 14.9. The molecule has 7 heteroatoms. The Kier molecular flexibility index (Phi) is 4.58. The van der Waals surface area contributed by atoms with Crippen molar-refractivity contribution in [3.63, 3.8) is 0 Å². The molecule has 120 valence electrons. The van der Waals surface area contributed by atoms with Gasteiger partial charge in [-0.25, -0.2) is 4.98 Å². The van der Waals surface area contributed by atoms with Crippen molar-refractivity contribution >= 4 is 28.6 Å². The van der Waals surface area contributed by atoms with E-state index in [2.05, 4.69) is 15.2 Å². The highest BCUT2D eigenvalue weighted by Crippen LogP contribution is 2.23. The summed E-state index contributed by atoms with van der Waals surface area (Å²) in [6.07, 6.45) is 0.403. The van der Waals surface area contributed by atoms with Crippen molar-refractivity contribution < 1.29 is 4.79 Å². The first kappa shape index (κ1) is 15.9. The second-order valence-corrected chi connectivity index (χ2v) is 7.66. The maximum atomic E-state index is 12.4. The van der Waals surface area contributed by atoms with Crippen molar-refractivity contribution in [1.29, 1.82) is 0 Å². The van der Waals surface area contributed by atoms with Crippen LogP contribution in [-0.4, -0.2) is 33.0 Å². The Bertz CT molecular complexity index is 804. The van der Waals surface area contributed by atoms with Gasteiger partial charge >= 0.3 is 0 Å². The van der Waals surface area contributed by atoms with Crippen molar-refractivity contribution in [2.24, 2.45) is 0 Å². The highest BCUT2D eigenvalue weighted by atomic mass is 32.1. The average Bonchev–Trinajstić information content (AvgIpc) is 3.21. The molecule has 0 atom stereocenters. The third-order valence-electron chi connectivity index (χ3n) is 3.55. The molecule has 0 spiro atoms. The summed E-state index contributed by atoms with van der Waals surface area (Å²) in [6, 6.07) is 6.04. The summed E-state index contributed by atoms with van der Waals surface area (Å²) < 4.78 is 0. The Balaban J connectivity index is 1.63. The van der Waals surface area contributed by atoms with Crippen LogP contribution < -0.4 is 0 Å². The van der Waals surface area contributed by atoms with Gasteiger partial charge in [-0.2, -0.15) is 5.10 Å². The molecule has 0 aromatic carbocycles. The van der Waals surface area contributed by atoms with Crippen LogP contribution in [0.25, 0.3) is 10.6 Å². The minimum atomic E-state index is 0.0871. The fraction of sp³-hybridized carbons (Fsp3) is 0.312. The third-order valence-corrected chi connectivity index (χ3v) is 5.51. The summed E-state index contributed by atoms with van der Waals surface area (Å²) in [4.78, 5) is 20.6. The summed E-state index contributed by atoms with van der Waals surface area (Å²) in [5.41, 5.74) is 2.81. The molecular weight excluding hydrogens is 328 g/mol. The van der Waals surface area contributed by atoms with E-state index in [0.29, 0.717) is 13.0 Å². The van der Waals surface area contributed by atoms with Crippen molar-refractivity contribution in [3.8, 4) is 10.6 Å². The highest BCUT2D eigenvalue weighted by Gasteiger charge is 2.15. The molecule has 0 aliphatic heterocycles. The number of aromatic nitrogens is 3. The van der Waals surface area contributed by atoms with Gasteiger partial charge in [0.25, 0.3) is 0 Å². The average molecular weight is 346 g/mol. The van der Waals surface area contributed by atoms with E-state index in [1.165, 1.54) is 0 Å². The van der Waals surface area contributed by atoms with Gasteiger partial charge in [0.2, 0.25) is 5.91 Å². The largest absolute Gasteiger partial charge is 0.340 e. The van der Waals surface area contributed by atoms with E-state index in [-0.39, 0.29) is 5.91 Å². The molecule has 1 amide bonds. The van der Waals surface area contributed by atoms with E-state index in [1.807, 2.05) is 44.5 Å². The van der Waals surface area contributed by atoms with E-state index in [9.17, 15) is 4.79 Å². The van der Waals surface area contributed by atoms with Crippen LogP contribution >= 0.6 is 22.7 Å². The molecule has 3 aromatic rings. The van der Waals surface area contributed by atoms with Crippen LogP contribution in [0.5, 0.6) is 0 Å². The number of hydrogen-bond acceptors (Lipinski definition) is 5. The smallest absolute Gasteiger partial charge is 0.227 e. The van der Waals surface area contributed by atoms with Gasteiger partial charge in [0.05, 0.1) is 34.2 Å². The van der Waals surface area contributed by atoms with Gasteiger partial charge in [-0.1, -0.05) is 6.07 Å². The topological polar surface area (TPSA) is 61.9 Å².